The first-order valence-corrected chi connectivity index (χ1v) is 15.6. The number of carbonyl (C=O) groups is 2. The molecule has 2 unspecified atom stereocenters. The highest BCUT2D eigenvalue weighted by atomic mass is 32.2. The molecule has 0 aromatic heterocycles. The van der Waals surface area contributed by atoms with E-state index in [1.54, 1.807) is 0 Å². The number of nitrogens with zero attached hydrogens (tertiary/aromatic N) is 1. The first-order valence-electron chi connectivity index (χ1n) is 14.0. The molecule has 3 atom stereocenters. The van der Waals surface area contributed by atoms with Crippen molar-refractivity contribution in [3.63, 3.8) is 0 Å². The Labute approximate surface area is 256 Å². The summed E-state index contributed by atoms with van der Waals surface area (Å²) in [5.41, 5.74) is 0.354. The number of alkyl halides is 5. The van der Waals surface area contributed by atoms with Crippen LogP contribution in [-0.4, -0.2) is 57.0 Å². The molecule has 1 fully saturated rings. The van der Waals surface area contributed by atoms with E-state index in [0.717, 1.165) is 12.1 Å². The Balaban J connectivity index is 1.53. The summed E-state index contributed by atoms with van der Waals surface area (Å²) in [5, 5.41) is 12.6. The van der Waals surface area contributed by atoms with Gasteiger partial charge in [0.2, 0.25) is 5.91 Å². The summed E-state index contributed by atoms with van der Waals surface area (Å²) in [6.07, 6.45) is -4.12. The lowest BCUT2D eigenvalue weighted by Crippen LogP contribution is -2.49. The number of aliphatic hydroxyl groups is 1. The van der Waals surface area contributed by atoms with Crippen LogP contribution in [0.15, 0.2) is 77.7 Å². The SMILES string of the molecule is CCS(=O)(=O)c1ccc([C@H](CO)NC(=O)c2ccc(N3C(=O)C(c4ccc(C(F)(F)F)cc4)CCC3COC(F)F)cc2)cc1. The second kappa shape index (κ2) is 14.0. The molecule has 0 bridgehead atoms. The van der Waals surface area contributed by atoms with Crippen LogP contribution in [0.3, 0.4) is 0 Å². The molecule has 14 heteroatoms. The van der Waals surface area contributed by atoms with Crippen LogP contribution < -0.4 is 10.2 Å². The van der Waals surface area contributed by atoms with Gasteiger partial charge in [0.1, 0.15) is 0 Å². The normalized spacial score (nSPS) is 18.2. The van der Waals surface area contributed by atoms with Gasteiger partial charge in [-0.3, -0.25) is 9.59 Å². The highest BCUT2D eigenvalue weighted by Gasteiger charge is 2.38. The molecule has 1 saturated heterocycles. The lowest BCUT2D eigenvalue weighted by atomic mass is 9.86. The fourth-order valence-electron chi connectivity index (χ4n) is 5.18. The Kier molecular flexibility index (Phi) is 10.6. The van der Waals surface area contributed by atoms with Gasteiger partial charge in [-0.1, -0.05) is 31.2 Å². The molecule has 1 aliphatic rings. The minimum absolute atomic E-state index is 0.0821. The van der Waals surface area contributed by atoms with E-state index in [1.165, 1.54) is 72.5 Å². The number of carbonyl (C=O) groups excluding carboxylic acids is 2. The third-order valence-corrected chi connectivity index (χ3v) is 9.41. The number of anilines is 1. The maximum absolute atomic E-state index is 13.6. The minimum atomic E-state index is -4.55. The number of piperidine rings is 1. The summed E-state index contributed by atoms with van der Waals surface area (Å²) in [6.45, 7) is -2.53. The highest BCUT2D eigenvalue weighted by Crippen LogP contribution is 2.37. The van der Waals surface area contributed by atoms with Gasteiger partial charge in [-0.2, -0.15) is 22.0 Å². The van der Waals surface area contributed by atoms with Crippen molar-refractivity contribution < 1.29 is 49.8 Å². The van der Waals surface area contributed by atoms with Crippen molar-refractivity contribution in [2.75, 3.05) is 23.9 Å². The van der Waals surface area contributed by atoms with Crippen LogP contribution in [0.2, 0.25) is 0 Å². The van der Waals surface area contributed by atoms with Crippen molar-refractivity contribution in [3.8, 4) is 0 Å². The van der Waals surface area contributed by atoms with Gasteiger partial charge in [0.05, 0.1) is 47.4 Å². The highest BCUT2D eigenvalue weighted by molar-refractivity contribution is 7.91. The van der Waals surface area contributed by atoms with E-state index < -0.39 is 71.2 Å². The monoisotopic (exact) mass is 654 g/mol. The molecule has 242 valence electrons. The second-order valence-electron chi connectivity index (χ2n) is 10.4. The predicted molar refractivity (Wildman–Crippen MR) is 155 cm³/mol. The van der Waals surface area contributed by atoms with E-state index in [-0.39, 0.29) is 34.7 Å². The third-order valence-electron chi connectivity index (χ3n) is 7.66. The van der Waals surface area contributed by atoms with Crippen LogP contribution in [0.25, 0.3) is 0 Å². The number of sulfone groups is 1. The lowest BCUT2D eigenvalue weighted by Gasteiger charge is -2.39. The van der Waals surface area contributed by atoms with Crippen molar-refractivity contribution in [2.45, 2.75) is 55.5 Å². The summed E-state index contributed by atoms with van der Waals surface area (Å²) in [7, 11) is -3.43. The Morgan fingerprint density at radius 3 is 2.16 bits per heavy atom. The molecule has 2 amide bonds. The topological polar surface area (TPSA) is 113 Å². The molecule has 4 rings (SSSR count). The zero-order valence-corrected chi connectivity index (χ0v) is 24.8. The van der Waals surface area contributed by atoms with E-state index in [1.807, 2.05) is 0 Å². The Bertz CT molecular complexity index is 1580. The first-order chi connectivity index (χ1) is 21.2. The second-order valence-corrected chi connectivity index (χ2v) is 12.7. The zero-order valence-electron chi connectivity index (χ0n) is 24.0. The number of amides is 2. The standard InChI is InChI=1S/C31H31F5N2O6S/c1-2-45(42,43)25-14-7-20(8-15-25)27(17-39)37-28(40)21-5-11-23(12-6-21)38-24(18-44-30(32)33)13-16-26(29(38)41)19-3-9-22(10-4-19)31(34,35)36/h3-12,14-15,24,26-27,30,39H,2,13,16-18H2,1H3,(H,37,40)/t24?,26?,27-/m0/s1. The van der Waals surface area contributed by atoms with E-state index in [9.17, 15) is 45.1 Å². The number of halogens is 5. The van der Waals surface area contributed by atoms with Crippen molar-refractivity contribution in [1.82, 2.24) is 5.32 Å². The van der Waals surface area contributed by atoms with Crippen molar-refractivity contribution in [1.29, 1.82) is 0 Å². The van der Waals surface area contributed by atoms with Gasteiger partial charge in [-0.25, -0.2) is 8.42 Å². The molecule has 8 nitrogen and oxygen atoms in total. The molecule has 3 aromatic carbocycles. The summed E-state index contributed by atoms with van der Waals surface area (Å²) in [5.74, 6) is -2.02. The number of rotatable bonds is 11. The van der Waals surface area contributed by atoms with Gasteiger partial charge in [0.15, 0.2) is 9.84 Å². The average Bonchev–Trinajstić information content (AvgIpc) is 3.02. The summed E-state index contributed by atoms with van der Waals surface area (Å²) < 4.78 is 93.5. The molecular formula is C31H31F5N2O6S. The van der Waals surface area contributed by atoms with Gasteiger partial charge in [-0.15, -0.1) is 0 Å². The Morgan fingerprint density at radius 2 is 1.62 bits per heavy atom. The number of benzene rings is 3. The maximum atomic E-state index is 13.6. The van der Waals surface area contributed by atoms with Gasteiger partial charge in [0, 0.05) is 11.3 Å². The fraction of sp³-hybridized carbons (Fsp3) is 0.355. The summed E-state index contributed by atoms with van der Waals surface area (Å²) in [6, 6.07) is 14.0. The number of aliphatic hydroxyl groups excluding tert-OH is 1. The zero-order chi connectivity index (χ0) is 32.9. The number of hydrogen-bond acceptors (Lipinski definition) is 6. The fourth-order valence-corrected chi connectivity index (χ4v) is 6.06. The molecule has 1 heterocycles. The van der Waals surface area contributed by atoms with E-state index >= 15 is 0 Å². The van der Waals surface area contributed by atoms with Crippen LogP contribution in [-0.2, 0) is 25.5 Å². The third kappa shape index (κ3) is 8.05. The number of ether oxygens (including phenoxy) is 1. The molecule has 45 heavy (non-hydrogen) atoms. The molecule has 0 radical (unpaired) electrons. The Morgan fingerprint density at radius 1 is 1.00 bits per heavy atom. The Hall–Kier alpha value is -3.88. The van der Waals surface area contributed by atoms with Gasteiger partial charge < -0.3 is 20.1 Å². The number of hydrogen-bond donors (Lipinski definition) is 2. The maximum Gasteiger partial charge on any atom is 0.416 e. The van der Waals surface area contributed by atoms with Crippen molar-refractivity contribution in [3.05, 3.63) is 95.1 Å². The molecule has 1 aliphatic heterocycles. The molecule has 3 aromatic rings. The molecular weight excluding hydrogens is 623 g/mol. The minimum Gasteiger partial charge on any atom is -0.394 e. The van der Waals surface area contributed by atoms with Crippen molar-refractivity contribution in [2.24, 2.45) is 0 Å². The first kappa shape index (κ1) is 34.0. The number of nitrogens with one attached hydrogen (secondary N) is 1. The van der Waals surface area contributed by atoms with Gasteiger partial charge >= 0.3 is 12.8 Å². The van der Waals surface area contributed by atoms with Crippen LogP contribution in [0, 0.1) is 0 Å². The molecule has 0 spiro atoms. The molecule has 2 N–H and O–H groups in total. The molecule has 0 aliphatic carbocycles. The van der Waals surface area contributed by atoms with E-state index in [4.69, 9.17) is 0 Å². The molecule has 0 saturated carbocycles. The van der Waals surface area contributed by atoms with Crippen LogP contribution >= 0.6 is 0 Å². The largest absolute Gasteiger partial charge is 0.416 e. The van der Waals surface area contributed by atoms with E-state index in [2.05, 4.69) is 10.1 Å². The average molecular weight is 655 g/mol. The van der Waals surface area contributed by atoms with Gasteiger partial charge in [-0.05, 0) is 72.5 Å². The summed E-state index contributed by atoms with van der Waals surface area (Å²) in [4.78, 5) is 28.0. The van der Waals surface area contributed by atoms with Crippen molar-refractivity contribution >= 4 is 27.3 Å². The van der Waals surface area contributed by atoms with Gasteiger partial charge in [0.25, 0.3) is 5.91 Å². The van der Waals surface area contributed by atoms with E-state index in [0.29, 0.717) is 11.1 Å². The predicted octanol–water partition coefficient (Wildman–Crippen LogP) is 5.48. The lowest BCUT2D eigenvalue weighted by molar-refractivity contribution is -0.138. The quantitative estimate of drug-likeness (QED) is 0.265. The van der Waals surface area contributed by atoms with Crippen LogP contribution in [0.1, 0.15) is 58.8 Å². The van der Waals surface area contributed by atoms with Crippen LogP contribution in [0.4, 0.5) is 27.6 Å². The smallest absolute Gasteiger partial charge is 0.394 e. The van der Waals surface area contributed by atoms with Crippen LogP contribution in [0.5, 0.6) is 0 Å². The summed E-state index contributed by atoms with van der Waals surface area (Å²) >= 11 is 0.